The Kier molecular flexibility index (Phi) is 9.96. The number of fused-ring (bicyclic) bond motifs is 1. The maximum Gasteiger partial charge on any atom is 0.373 e. The fourth-order valence-electron chi connectivity index (χ4n) is 3.85. The van der Waals surface area contributed by atoms with Crippen LogP contribution in [-0.4, -0.2) is 63.6 Å². The van der Waals surface area contributed by atoms with E-state index in [0.717, 1.165) is 16.5 Å². The lowest BCUT2D eigenvalue weighted by Crippen LogP contribution is -2.37. The SMILES string of the molecule is C=CCOC(=O)C1=C[C@H](c2coc3ccccc23)[C@H](CCOCCOCCO)[C@H](OCC)O1. The van der Waals surface area contributed by atoms with Gasteiger partial charge in [0.05, 0.1) is 32.7 Å². The lowest BCUT2D eigenvalue weighted by atomic mass is 9.81. The molecule has 0 saturated carbocycles. The van der Waals surface area contributed by atoms with Crippen molar-refractivity contribution in [3.05, 3.63) is 60.6 Å². The number of rotatable bonds is 14. The summed E-state index contributed by atoms with van der Waals surface area (Å²) < 4.78 is 33.8. The topological polar surface area (TPSA) is 96.6 Å². The molecule has 0 aliphatic carbocycles. The van der Waals surface area contributed by atoms with Gasteiger partial charge in [-0.25, -0.2) is 4.79 Å². The zero-order valence-corrected chi connectivity index (χ0v) is 18.9. The summed E-state index contributed by atoms with van der Waals surface area (Å²) in [6.45, 7) is 7.53. The molecule has 33 heavy (non-hydrogen) atoms. The van der Waals surface area contributed by atoms with Crippen molar-refractivity contribution in [2.24, 2.45) is 5.92 Å². The first-order chi connectivity index (χ1) is 16.2. The van der Waals surface area contributed by atoms with E-state index < -0.39 is 12.3 Å². The summed E-state index contributed by atoms with van der Waals surface area (Å²) in [6.07, 6.45) is 4.99. The van der Waals surface area contributed by atoms with Crippen molar-refractivity contribution >= 4 is 16.9 Å². The van der Waals surface area contributed by atoms with Crippen molar-refractivity contribution in [1.82, 2.24) is 0 Å². The van der Waals surface area contributed by atoms with E-state index in [1.165, 1.54) is 6.08 Å². The molecule has 1 aliphatic heterocycles. The number of para-hydroxylation sites is 1. The third-order valence-corrected chi connectivity index (χ3v) is 5.32. The average Bonchev–Trinajstić information content (AvgIpc) is 3.26. The molecule has 1 aliphatic rings. The second-order valence-corrected chi connectivity index (χ2v) is 7.47. The molecule has 8 nitrogen and oxygen atoms in total. The molecule has 0 fully saturated rings. The van der Waals surface area contributed by atoms with Crippen LogP contribution >= 0.6 is 0 Å². The number of ether oxygens (including phenoxy) is 5. The van der Waals surface area contributed by atoms with E-state index in [9.17, 15) is 4.79 Å². The van der Waals surface area contributed by atoms with E-state index in [1.54, 1.807) is 12.3 Å². The minimum absolute atomic E-state index is 0.0142. The standard InChI is InChI=1S/C25H32O8/c1-3-11-31-24(27)23-16-20(21-17-32-22-8-6-5-7-18(21)22)19(25(33-23)30-4-2)9-12-28-14-15-29-13-10-26/h3,5-8,16-17,19-20,25-26H,1,4,9-15H2,2H3/t19-,20-,25+/m0/s1. The largest absolute Gasteiger partial charge is 0.464 e. The van der Waals surface area contributed by atoms with Gasteiger partial charge in [-0.1, -0.05) is 30.9 Å². The van der Waals surface area contributed by atoms with Gasteiger partial charge in [0, 0.05) is 36.0 Å². The smallest absolute Gasteiger partial charge is 0.373 e. The van der Waals surface area contributed by atoms with E-state index >= 15 is 0 Å². The van der Waals surface area contributed by atoms with Crippen molar-refractivity contribution < 1.29 is 38.0 Å². The quantitative estimate of drug-likeness (QED) is 0.260. The fraction of sp³-hybridized carbons (Fsp3) is 0.480. The van der Waals surface area contributed by atoms with Crippen LogP contribution in [0.4, 0.5) is 0 Å². The molecule has 0 radical (unpaired) electrons. The minimum Gasteiger partial charge on any atom is -0.464 e. The van der Waals surface area contributed by atoms with Crippen LogP contribution < -0.4 is 0 Å². The molecule has 1 N–H and O–H groups in total. The Balaban J connectivity index is 1.83. The molecule has 0 saturated heterocycles. The van der Waals surface area contributed by atoms with Gasteiger partial charge in [0.25, 0.3) is 0 Å². The number of aliphatic hydroxyl groups is 1. The second-order valence-electron chi connectivity index (χ2n) is 7.47. The van der Waals surface area contributed by atoms with Gasteiger partial charge in [0.2, 0.25) is 12.0 Å². The maximum atomic E-state index is 12.6. The molecule has 180 valence electrons. The van der Waals surface area contributed by atoms with Crippen LogP contribution in [0.15, 0.2) is 59.4 Å². The first-order valence-electron chi connectivity index (χ1n) is 11.2. The normalized spacial score (nSPS) is 20.3. The molecule has 8 heteroatoms. The Bertz CT molecular complexity index is 918. The second kappa shape index (κ2) is 13.2. The number of allylic oxidation sites excluding steroid dienone is 1. The number of aliphatic hydroxyl groups excluding tert-OH is 1. The summed E-state index contributed by atoms with van der Waals surface area (Å²) in [4.78, 5) is 12.6. The van der Waals surface area contributed by atoms with E-state index in [2.05, 4.69) is 6.58 Å². The van der Waals surface area contributed by atoms with Gasteiger partial charge >= 0.3 is 5.97 Å². The molecule has 1 aromatic carbocycles. The Labute approximate surface area is 193 Å². The summed E-state index contributed by atoms with van der Waals surface area (Å²) in [6, 6.07) is 7.77. The number of benzene rings is 1. The van der Waals surface area contributed by atoms with Gasteiger partial charge in [-0.05, 0) is 25.5 Å². The van der Waals surface area contributed by atoms with Crippen LogP contribution in [0.2, 0.25) is 0 Å². The molecule has 3 atom stereocenters. The third-order valence-electron chi connectivity index (χ3n) is 5.32. The number of hydrogen-bond acceptors (Lipinski definition) is 8. The number of carbonyl (C=O) groups excluding carboxylic acids is 1. The molecule has 0 bridgehead atoms. The van der Waals surface area contributed by atoms with Gasteiger partial charge in [0.15, 0.2) is 0 Å². The number of carbonyl (C=O) groups is 1. The van der Waals surface area contributed by atoms with E-state index in [-0.39, 0.29) is 37.4 Å². The van der Waals surface area contributed by atoms with Crippen molar-refractivity contribution in [2.45, 2.75) is 25.6 Å². The van der Waals surface area contributed by atoms with Crippen LogP contribution in [0.25, 0.3) is 11.0 Å². The first-order valence-corrected chi connectivity index (χ1v) is 11.2. The van der Waals surface area contributed by atoms with Crippen LogP contribution in [0, 0.1) is 5.92 Å². The van der Waals surface area contributed by atoms with E-state index in [0.29, 0.717) is 32.8 Å². The van der Waals surface area contributed by atoms with E-state index in [4.69, 9.17) is 33.2 Å². The van der Waals surface area contributed by atoms with Gasteiger partial charge < -0.3 is 33.2 Å². The van der Waals surface area contributed by atoms with Crippen molar-refractivity contribution in [3.8, 4) is 0 Å². The zero-order valence-electron chi connectivity index (χ0n) is 18.9. The minimum atomic E-state index is -0.654. The van der Waals surface area contributed by atoms with Crippen molar-refractivity contribution in [2.75, 3.05) is 46.2 Å². The van der Waals surface area contributed by atoms with Crippen LogP contribution in [0.3, 0.4) is 0 Å². The summed E-state index contributed by atoms with van der Waals surface area (Å²) in [5.41, 5.74) is 1.72. The third kappa shape index (κ3) is 6.68. The highest BCUT2D eigenvalue weighted by atomic mass is 16.7. The lowest BCUT2D eigenvalue weighted by molar-refractivity contribution is -0.176. The van der Waals surface area contributed by atoms with Crippen molar-refractivity contribution in [1.29, 1.82) is 0 Å². The number of esters is 1. The molecule has 1 aromatic heterocycles. The number of hydrogen-bond donors (Lipinski definition) is 1. The molecular formula is C25H32O8. The zero-order chi connectivity index (χ0) is 23.5. The Morgan fingerprint density at radius 2 is 1.97 bits per heavy atom. The molecule has 2 heterocycles. The Morgan fingerprint density at radius 1 is 1.18 bits per heavy atom. The van der Waals surface area contributed by atoms with E-state index in [1.807, 2.05) is 31.2 Å². The molecule has 0 unspecified atom stereocenters. The summed E-state index contributed by atoms with van der Waals surface area (Å²) in [5.74, 6) is -0.784. The van der Waals surface area contributed by atoms with Crippen LogP contribution in [-0.2, 0) is 28.5 Å². The Morgan fingerprint density at radius 3 is 2.73 bits per heavy atom. The predicted octanol–water partition coefficient (Wildman–Crippen LogP) is 3.55. The summed E-state index contributed by atoms with van der Waals surface area (Å²) in [5, 5.41) is 9.75. The summed E-state index contributed by atoms with van der Waals surface area (Å²) in [7, 11) is 0. The van der Waals surface area contributed by atoms with Gasteiger partial charge in [-0.3, -0.25) is 0 Å². The van der Waals surface area contributed by atoms with Crippen LogP contribution in [0.5, 0.6) is 0 Å². The molecule has 0 amide bonds. The van der Waals surface area contributed by atoms with Gasteiger partial charge in [-0.15, -0.1) is 0 Å². The predicted molar refractivity (Wildman–Crippen MR) is 122 cm³/mol. The average molecular weight is 461 g/mol. The van der Waals surface area contributed by atoms with Crippen molar-refractivity contribution in [3.63, 3.8) is 0 Å². The van der Waals surface area contributed by atoms with Gasteiger partial charge in [0.1, 0.15) is 12.2 Å². The highest BCUT2D eigenvalue weighted by Crippen LogP contribution is 2.42. The first kappa shape index (κ1) is 25.0. The number of furan rings is 1. The van der Waals surface area contributed by atoms with Gasteiger partial charge in [-0.2, -0.15) is 0 Å². The van der Waals surface area contributed by atoms with Crippen LogP contribution in [0.1, 0.15) is 24.8 Å². The summed E-state index contributed by atoms with van der Waals surface area (Å²) >= 11 is 0. The molecular weight excluding hydrogens is 428 g/mol. The maximum absolute atomic E-state index is 12.6. The Hall–Kier alpha value is -2.65. The molecule has 0 spiro atoms. The molecule has 2 aromatic rings. The monoisotopic (exact) mass is 460 g/mol. The highest BCUT2D eigenvalue weighted by molar-refractivity contribution is 5.87. The lowest BCUT2D eigenvalue weighted by Gasteiger charge is -2.36. The molecule has 3 rings (SSSR count). The fourth-order valence-corrected chi connectivity index (χ4v) is 3.85. The highest BCUT2D eigenvalue weighted by Gasteiger charge is 2.39.